The van der Waals surface area contributed by atoms with E-state index < -0.39 is 16.5 Å². The number of benzene rings is 1. The van der Waals surface area contributed by atoms with E-state index in [1.54, 1.807) is 13.8 Å². The molecule has 0 saturated heterocycles. The molecule has 7 nitrogen and oxygen atoms in total. The fraction of sp³-hybridized carbons (Fsp3) is 0.231. The Kier molecular flexibility index (Phi) is 3.27. The molecular weight excluding hydrogens is 264 g/mol. The zero-order valence-electron chi connectivity index (χ0n) is 11.1. The Hall–Kier alpha value is -2.70. The number of nitrogens with zero attached hydrogens (tertiary/aromatic N) is 1. The number of anilines is 1. The Morgan fingerprint density at radius 1 is 1.35 bits per heavy atom. The standard InChI is InChI=1S/C13H12N2O5/c1-6-7(2)20-13-9(12(6)17)4-5-10(14-8(3)16)11(13)15(18)19/h4-5H,1-3H3,(H,14,16). The molecule has 0 radical (unpaired) electrons. The first kappa shape index (κ1) is 13.7. The van der Waals surface area contributed by atoms with Gasteiger partial charge in [0.2, 0.25) is 11.5 Å². The van der Waals surface area contributed by atoms with E-state index in [-0.39, 0.29) is 22.1 Å². The zero-order chi connectivity index (χ0) is 15.0. The molecule has 0 atom stereocenters. The molecule has 0 aliphatic heterocycles. The smallest absolute Gasteiger partial charge is 0.335 e. The first-order valence-corrected chi connectivity index (χ1v) is 5.82. The molecule has 20 heavy (non-hydrogen) atoms. The van der Waals surface area contributed by atoms with Gasteiger partial charge in [-0.15, -0.1) is 0 Å². The van der Waals surface area contributed by atoms with Crippen LogP contribution in [0.25, 0.3) is 11.0 Å². The van der Waals surface area contributed by atoms with Crippen LogP contribution < -0.4 is 10.7 Å². The van der Waals surface area contributed by atoms with Crippen LogP contribution in [-0.4, -0.2) is 10.8 Å². The lowest BCUT2D eigenvalue weighted by Gasteiger charge is -2.07. The van der Waals surface area contributed by atoms with Gasteiger partial charge in [-0.25, -0.2) is 0 Å². The van der Waals surface area contributed by atoms with Crippen LogP contribution in [0.1, 0.15) is 18.2 Å². The third-order valence-electron chi connectivity index (χ3n) is 2.99. The molecule has 0 aliphatic rings. The largest absolute Gasteiger partial charge is 0.453 e. The topological polar surface area (TPSA) is 102 Å². The van der Waals surface area contributed by atoms with Crippen LogP contribution in [0, 0.1) is 24.0 Å². The minimum absolute atomic E-state index is 0.00130. The fourth-order valence-electron chi connectivity index (χ4n) is 1.92. The maximum absolute atomic E-state index is 12.1. The van der Waals surface area contributed by atoms with Gasteiger partial charge < -0.3 is 9.73 Å². The van der Waals surface area contributed by atoms with Crippen molar-refractivity contribution in [2.45, 2.75) is 20.8 Å². The molecule has 1 N–H and O–H groups in total. The van der Waals surface area contributed by atoms with Crippen molar-refractivity contribution in [2.24, 2.45) is 0 Å². The fourth-order valence-corrected chi connectivity index (χ4v) is 1.92. The second-order valence-corrected chi connectivity index (χ2v) is 4.39. The zero-order valence-corrected chi connectivity index (χ0v) is 11.1. The van der Waals surface area contributed by atoms with Gasteiger partial charge >= 0.3 is 5.69 Å². The highest BCUT2D eigenvalue weighted by atomic mass is 16.6. The van der Waals surface area contributed by atoms with Gasteiger partial charge in [-0.1, -0.05) is 0 Å². The van der Waals surface area contributed by atoms with Gasteiger partial charge in [0, 0.05) is 12.5 Å². The van der Waals surface area contributed by atoms with Crippen LogP contribution in [0.4, 0.5) is 11.4 Å². The predicted molar refractivity (Wildman–Crippen MR) is 72.9 cm³/mol. The molecule has 2 aromatic rings. The van der Waals surface area contributed by atoms with Crippen molar-refractivity contribution in [3.63, 3.8) is 0 Å². The summed E-state index contributed by atoms with van der Waals surface area (Å²) in [6.45, 7) is 4.39. The number of rotatable bonds is 2. The van der Waals surface area contributed by atoms with E-state index in [1.807, 2.05) is 0 Å². The summed E-state index contributed by atoms with van der Waals surface area (Å²) in [7, 11) is 0. The lowest BCUT2D eigenvalue weighted by Crippen LogP contribution is -2.11. The molecule has 0 saturated carbocycles. The number of aryl methyl sites for hydroxylation is 1. The Labute approximate surface area is 113 Å². The van der Waals surface area contributed by atoms with Crippen molar-refractivity contribution in [2.75, 3.05) is 5.32 Å². The van der Waals surface area contributed by atoms with Gasteiger partial charge in [-0.2, -0.15) is 0 Å². The Balaban J connectivity index is 2.92. The number of carbonyl (C=O) groups is 1. The maximum atomic E-state index is 12.1. The minimum Gasteiger partial charge on any atom is -0.453 e. The number of hydrogen-bond donors (Lipinski definition) is 1. The van der Waals surface area contributed by atoms with Crippen molar-refractivity contribution in [1.29, 1.82) is 0 Å². The summed E-state index contributed by atoms with van der Waals surface area (Å²) in [6, 6.07) is 2.74. The Morgan fingerprint density at radius 3 is 2.55 bits per heavy atom. The number of fused-ring (bicyclic) bond motifs is 1. The molecular formula is C13H12N2O5. The third kappa shape index (κ3) is 2.13. The molecule has 1 aromatic heterocycles. The Morgan fingerprint density at radius 2 is 2.00 bits per heavy atom. The van der Waals surface area contributed by atoms with Gasteiger partial charge in [-0.3, -0.25) is 19.7 Å². The third-order valence-corrected chi connectivity index (χ3v) is 2.99. The molecule has 1 aromatic carbocycles. The van der Waals surface area contributed by atoms with Crippen LogP contribution in [0.3, 0.4) is 0 Å². The summed E-state index contributed by atoms with van der Waals surface area (Å²) >= 11 is 0. The quantitative estimate of drug-likeness (QED) is 0.669. The second kappa shape index (κ2) is 4.76. The number of nitro groups is 1. The van der Waals surface area contributed by atoms with E-state index in [0.717, 1.165) is 0 Å². The highest BCUT2D eigenvalue weighted by Gasteiger charge is 2.24. The van der Waals surface area contributed by atoms with E-state index in [2.05, 4.69) is 5.32 Å². The molecule has 1 amide bonds. The molecule has 0 unspecified atom stereocenters. The highest BCUT2D eigenvalue weighted by Crippen LogP contribution is 2.33. The summed E-state index contributed by atoms with van der Waals surface area (Å²) in [4.78, 5) is 33.7. The Bertz CT molecular complexity index is 791. The molecule has 2 rings (SSSR count). The normalized spacial score (nSPS) is 10.6. The first-order valence-electron chi connectivity index (χ1n) is 5.82. The molecule has 1 heterocycles. The van der Waals surface area contributed by atoms with E-state index in [4.69, 9.17) is 4.42 Å². The predicted octanol–water partition coefficient (Wildman–Crippen LogP) is 2.28. The van der Waals surface area contributed by atoms with Gasteiger partial charge in [0.05, 0.1) is 10.3 Å². The molecule has 0 aliphatic carbocycles. The lowest BCUT2D eigenvalue weighted by atomic mass is 10.1. The molecule has 0 bridgehead atoms. The van der Waals surface area contributed by atoms with Crippen LogP contribution in [0.2, 0.25) is 0 Å². The average molecular weight is 276 g/mol. The number of nitrogens with one attached hydrogen (secondary N) is 1. The van der Waals surface area contributed by atoms with Crippen LogP contribution >= 0.6 is 0 Å². The molecule has 0 spiro atoms. The summed E-state index contributed by atoms with van der Waals surface area (Å²) < 4.78 is 5.39. The summed E-state index contributed by atoms with van der Waals surface area (Å²) in [5.41, 5.74) is -0.464. The van der Waals surface area contributed by atoms with Gasteiger partial charge in [-0.05, 0) is 26.0 Å². The van der Waals surface area contributed by atoms with Crippen molar-refractivity contribution < 1.29 is 14.1 Å². The van der Waals surface area contributed by atoms with Crippen LogP contribution in [0.5, 0.6) is 0 Å². The SMILES string of the molecule is CC(=O)Nc1ccc2c(=O)c(C)c(C)oc2c1[N+](=O)[O-]. The summed E-state index contributed by atoms with van der Waals surface area (Å²) in [6.07, 6.45) is 0. The van der Waals surface area contributed by atoms with Crippen molar-refractivity contribution in [3.8, 4) is 0 Å². The number of hydrogen-bond acceptors (Lipinski definition) is 5. The van der Waals surface area contributed by atoms with E-state index in [0.29, 0.717) is 11.3 Å². The molecule has 104 valence electrons. The first-order chi connectivity index (χ1) is 9.32. The van der Waals surface area contributed by atoms with Crippen molar-refractivity contribution >= 4 is 28.3 Å². The van der Waals surface area contributed by atoms with E-state index in [9.17, 15) is 19.7 Å². The highest BCUT2D eigenvalue weighted by molar-refractivity contribution is 5.98. The monoisotopic (exact) mass is 276 g/mol. The number of nitro benzene ring substituents is 1. The van der Waals surface area contributed by atoms with E-state index in [1.165, 1.54) is 19.1 Å². The van der Waals surface area contributed by atoms with Crippen LogP contribution in [0.15, 0.2) is 21.3 Å². The minimum atomic E-state index is -0.675. The van der Waals surface area contributed by atoms with Crippen molar-refractivity contribution in [3.05, 3.63) is 43.8 Å². The average Bonchev–Trinajstić information content (AvgIpc) is 2.34. The lowest BCUT2D eigenvalue weighted by molar-refractivity contribution is -0.382. The van der Waals surface area contributed by atoms with Gasteiger partial charge in [0.25, 0.3) is 0 Å². The summed E-state index contributed by atoms with van der Waals surface area (Å²) in [5, 5.41) is 13.7. The van der Waals surface area contributed by atoms with Crippen LogP contribution in [-0.2, 0) is 4.79 Å². The second-order valence-electron chi connectivity index (χ2n) is 4.39. The number of carbonyl (C=O) groups excluding carboxylic acids is 1. The molecule has 0 fully saturated rings. The van der Waals surface area contributed by atoms with Gasteiger partial charge in [0.1, 0.15) is 11.4 Å². The maximum Gasteiger partial charge on any atom is 0.335 e. The number of amides is 1. The van der Waals surface area contributed by atoms with Gasteiger partial charge in [0.15, 0.2) is 5.43 Å². The summed E-state index contributed by atoms with van der Waals surface area (Å²) in [5.74, 6) is -0.135. The molecule has 7 heteroatoms. The van der Waals surface area contributed by atoms with E-state index >= 15 is 0 Å². The van der Waals surface area contributed by atoms with Crippen molar-refractivity contribution in [1.82, 2.24) is 0 Å².